The lowest BCUT2D eigenvalue weighted by atomic mass is 10.0. The lowest BCUT2D eigenvalue weighted by Crippen LogP contribution is -2.03. The molecule has 0 radical (unpaired) electrons. The standard InChI is InChI=1S/C13H15N/c1-11-6-5-9-13(10-11)14-12-7-3-2-4-8-12/h2-5,7-11,14H,6H2,1H3. The Morgan fingerprint density at radius 2 is 2.00 bits per heavy atom. The second-order valence-corrected chi connectivity index (χ2v) is 3.73. The van der Waals surface area contributed by atoms with Crippen molar-refractivity contribution in [3.8, 4) is 0 Å². The summed E-state index contributed by atoms with van der Waals surface area (Å²) in [5.74, 6) is 0.645. The van der Waals surface area contributed by atoms with E-state index >= 15 is 0 Å². The molecule has 1 aromatic carbocycles. The molecule has 0 aromatic heterocycles. The minimum absolute atomic E-state index is 0.645. The Kier molecular flexibility index (Phi) is 2.68. The summed E-state index contributed by atoms with van der Waals surface area (Å²) in [6.45, 7) is 2.23. The van der Waals surface area contributed by atoms with Gasteiger partial charge in [0, 0.05) is 11.4 Å². The Morgan fingerprint density at radius 3 is 2.71 bits per heavy atom. The fourth-order valence-corrected chi connectivity index (χ4v) is 1.61. The number of hydrogen-bond donors (Lipinski definition) is 1. The van der Waals surface area contributed by atoms with E-state index in [0.717, 1.165) is 12.1 Å². The third-order valence-corrected chi connectivity index (χ3v) is 2.33. The van der Waals surface area contributed by atoms with Crippen LogP contribution in [0, 0.1) is 5.92 Å². The van der Waals surface area contributed by atoms with E-state index in [9.17, 15) is 0 Å². The summed E-state index contributed by atoms with van der Waals surface area (Å²) >= 11 is 0. The van der Waals surface area contributed by atoms with Crippen LogP contribution in [-0.2, 0) is 0 Å². The van der Waals surface area contributed by atoms with Crippen molar-refractivity contribution in [2.45, 2.75) is 13.3 Å². The first-order valence-electron chi connectivity index (χ1n) is 5.05. The molecule has 1 nitrogen and oxygen atoms in total. The van der Waals surface area contributed by atoms with Crippen LogP contribution < -0.4 is 5.32 Å². The predicted octanol–water partition coefficient (Wildman–Crippen LogP) is 3.58. The van der Waals surface area contributed by atoms with E-state index in [0.29, 0.717) is 5.92 Å². The topological polar surface area (TPSA) is 12.0 Å². The maximum Gasteiger partial charge on any atom is 0.0384 e. The van der Waals surface area contributed by atoms with Crippen LogP contribution in [0.2, 0.25) is 0 Å². The number of rotatable bonds is 2. The van der Waals surface area contributed by atoms with Crippen LogP contribution in [0.3, 0.4) is 0 Å². The van der Waals surface area contributed by atoms with Gasteiger partial charge in [0.25, 0.3) is 0 Å². The van der Waals surface area contributed by atoms with Crippen molar-refractivity contribution in [3.05, 3.63) is 54.3 Å². The lowest BCUT2D eigenvalue weighted by Gasteiger charge is -2.14. The molecule has 0 fully saturated rings. The highest BCUT2D eigenvalue weighted by atomic mass is 14.9. The van der Waals surface area contributed by atoms with Gasteiger partial charge in [0.2, 0.25) is 0 Å². The van der Waals surface area contributed by atoms with Crippen molar-refractivity contribution in [2.24, 2.45) is 5.92 Å². The number of benzene rings is 1. The van der Waals surface area contributed by atoms with Gasteiger partial charge < -0.3 is 5.32 Å². The summed E-state index contributed by atoms with van der Waals surface area (Å²) in [6.07, 6.45) is 7.79. The fourth-order valence-electron chi connectivity index (χ4n) is 1.61. The zero-order chi connectivity index (χ0) is 9.80. The van der Waals surface area contributed by atoms with Gasteiger partial charge in [-0.1, -0.05) is 37.3 Å². The van der Waals surface area contributed by atoms with E-state index in [2.05, 4.69) is 42.6 Å². The Hall–Kier alpha value is -1.50. The van der Waals surface area contributed by atoms with Crippen LogP contribution in [0.1, 0.15) is 13.3 Å². The smallest absolute Gasteiger partial charge is 0.0384 e. The molecule has 0 aliphatic heterocycles. The normalized spacial score (nSPS) is 20.4. The van der Waals surface area contributed by atoms with E-state index in [1.807, 2.05) is 18.2 Å². The average Bonchev–Trinajstić information content (AvgIpc) is 2.19. The van der Waals surface area contributed by atoms with Crippen LogP contribution in [0.15, 0.2) is 54.3 Å². The SMILES string of the molecule is CC1C=C(Nc2ccccc2)C=CC1. The molecular weight excluding hydrogens is 170 g/mol. The van der Waals surface area contributed by atoms with Crippen LogP contribution in [0.5, 0.6) is 0 Å². The molecule has 1 aromatic rings. The molecule has 2 rings (SSSR count). The van der Waals surface area contributed by atoms with Crippen LogP contribution >= 0.6 is 0 Å². The van der Waals surface area contributed by atoms with E-state index in [1.165, 1.54) is 5.70 Å². The predicted molar refractivity (Wildman–Crippen MR) is 61.1 cm³/mol. The molecule has 0 amide bonds. The lowest BCUT2D eigenvalue weighted by molar-refractivity contribution is 0.730. The van der Waals surface area contributed by atoms with Crippen LogP contribution in [-0.4, -0.2) is 0 Å². The second kappa shape index (κ2) is 4.14. The maximum absolute atomic E-state index is 3.39. The molecule has 1 aliphatic rings. The number of hydrogen-bond acceptors (Lipinski definition) is 1. The van der Waals surface area contributed by atoms with Crippen LogP contribution in [0.4, 0.5) is 5.69 Å². The fraction of sp³-hybridized carbons (Fsp3) is 0.231. The summed E-state index contributed by atoms with van der Waals surface area (Å²) < 4.78 is 0. The molecule has 0 heterocycles. The van der Waals surface area contributed by atoms with Gasteiger partial charge in [-0.3, -0.25) is 0 Å². The van der Waals surface area contributed by atoms with Crippen molar-refractivity contribution in [3.63, 3.8) is 0 Å². The zero-order valence-electron chi connectivity index (χ0n) is 8.40. The Labute approximate surface area is 85.2 Å². The quantitative estimate of drug-likeness (QED) is 0.742. The second-order valence-electron chi connectivity index (χ2n) is 3.73. The summed E-state index contributed by atoms with van der Waals surface area (Å²) in [7, 11) is 0. The minimum atomic E-state index is 0.645. The molecule has 0 saturated heterocycles. The maximum atomic E-state index is 3.39. The zero-order valence-corrected chi connectivity index (χ0v) is 8.40. The third kappa shape index (κ3) is 2.25. The molecule has 1 atom stereocenters. The summed E-state index contributed by atoms with van der Waals surface area (Å²) in [5.41, 5.74) is 2.35. The molecular formula is C13H15N. The van der Waals surface area contributed by atoms with Gasteiger partial charge in [0.05, 0.1) is 0 Å². The van der Waals surface area contributed by atoms with E-state index < -0.39 is 0 Å². The van der Waals surface area contributed by atoms with E-state index in [4.69, 9.17) is 0 Å². The van der Waals surface area contributed by atoms with Crippen molar-refractivity contribution in [1.82, 2.24) is 0 Å². The Morgan fingerprint density at radius 1 is 1.21 bits per heavy atom. The van der Waals surface area contributed by atoms with Gasteiger partial charge in [-0.15, -0.1) is 0 Å². The monoisotopic (exact) mass is 185 g/mol. The Balaban J connectivity index is 2.08. The molecule has 0 saturated carbocycles. The van der Waals surface area contributed by atoms with Crippen molar-refractivity contribution in [2.75, 3.05) is 5.32 Å². The Bertz CT molecular complexity index is 349. The number of para-hydroxylation sites is 1. The first kappa shape index (κ1) is 9.07. The summed E-state index contributed by atoms with van der Waals surface area (Å²) in [4.78, 5) is 0. The highest BCUT2D eigenvalue weighted by molar-refractivity contribution is 5.51. The molecule has 1 N–H and O–H groups in total. The number of nitrogens with one attached hydrogen (secondary N) is 1. The average molecular weight is 185 g/mol. The van der Waals surface area contributed by atoms with Crippen molar-refractivity contribution in [1.29, 1.82) is 0 Å². The highest BCUT2D eigenvalue weighted by Gasteiger charge is 2.03. The van der Waals surface area contributed by atoms with Gasteiger partial charge in [0.1, 0.15) is 0 Å². The van der Waals surface area contributed by atoms with E-state index in [1.54, 1.807) is 0 Å². The van der Waals surface area contributed by atoms with Crippen molar-refractivity contribution >= 4 is 5.69 Å². The van der Waals surface area contributed by atoms with Gasteiger partial charge in [-0.25, -0.2) is 0 Å². The molecule has 1 unspecified atom stereocenters. The molecule has 1 heteroatoms. The molecule has 1 aliphatic carbocycles. The molecule has 14 heavy (non-hydrogen) atoms. The van der Waals surface area contributed by atoms with Crippen molar-refractivity contribution < 1.29 is 0 Å². The van der Waals surface area contributed by atoms with Gasteiger partial charge in [-0.2, -0.15) is 0 Å². The van der Waals surface area contributed by atoms with Crippen LogP contribution in [0.25, 0.3) is 0 Å². The summed E-state index contributed by atoms with van der Waals surface area (Å²) in [5, 5.41) is 3.39. The van der Waals surface area contributed by atoms with Gasteiger partial charge in [-0.05, 0) is 30.5 Å². The number of allylic oxidation sites excluding steroid dienone is 3. The summed E-state index contributed by atoms with van der Waals surface area (Å²) in [6, 6.07) is 10.3. The van der Waals surface area contributed by atoms with Gasteiger partial charge >= 0.3 is 0 Å². The minimum Gasteiger partial charge on any atom is -0.356 e. The molecule has 0 spiro atoms. The first-order valence-corrected chi connectivity index (χ1v) is 5.05. The molecule has 0 bridgehead atoms. The largest absolute Gasteiger partial charge is 0.356 e. The molecule has 72 valence electrons. The van der Waals surface area contributed by atoms with E-state index in [-0.39, 0.29) is 0 Å². The first-order chi connectivity index (χ1) is 6.84. The number of anilines is 1. The third-order valence-electron chi connectivity index (χ3n) is 2.33. The van der Waals surface area contributed by atoms with Gasteiger partial charge in [0.15, 0.2) is 0 Å². The highest BCUT2D eigenvalue weighted by Crippen LogP contribution is 2.18.